The number of benzene rings is 2. The number of Topliss-reactive ketones (excluding diaryl/α,β-unsaturated/α-hetero) is 2. The zero-order chi connectivity index (χ0) is 21.3. The first-order valence-corrected chi connectivity index (χ1v) is 9.69. The number of nitrogens with zero attached hydrogens (tertiary/aromatic N) is 1. The maximum Gasteiger partial charge on any atom is 1.00 e. The van der Waals surface area contributed by atoms with Crippen molar-refractivity contribution >= 4 is 23.2 Å². The number of hydrogen-bond donors (Lipinski definition) is 1. The summed E-state index contributed by atoms with van der Waals surface area (Å²) in [6.45, 7) is 2.75. The van der Waals surface area contributed by atoms with Crippen molar-refractivity contribution in [3.05, 3.63) is 90.1 Å². The first-order valence-electron chi connectivity index (χ1n) is 9.69. The van der Waals surface area contributed by atoms with Crippen LogP contribution in [0.3, 0.4) is 0 Å². The Hall–Kier alpha value is -2.92. The Morgan fingerprint density at radius 1 is 0.871 bits per heavy atom. The van der Waals surface area contributed by atoms with E-state index in [1.54, 1.807) is 12.1 Å². The summed E-state index contributed by atoms with van der Waals surface area (Å²) in [5.74, 6) is -0.406. The van der Waals surface area contributed by atoms with Crippen molar-refractivity contribution in [3.8, 4) is 28.1 Å². The smallest absolute Gasteiger partial charge is 1.00 e. The fraction of sp³-hybridized carbons (Fsp3) is 0.0769. The normalized spacial score (nSPS) is 10.4. The topological polar surface area (TPSA) is 58.8 Å². The van der Waals surface area contributed by atoms with Crippen molar-refractivity contribution in [2.45, 2.75) is 13.8 Å². The molecule has 4 nitrogen and oxygen atoms in total. The van der Waals surface area contributed by atoms with Crippen molar-refractivity contribution < 1.29 is 45.7 Å². The molecular formula is C26H22NNaO3. The minimum Gasteiger partial charge on any atom is -1.00 e. The van der Waals surface area contributed by atoms with Gasteiger partial charge in [0.2, 0.25) is 0 Å². The van der Waals surface area contributed by atoms with Crippen LogP contribution >= 0.6 is 0 Å². The minimum absolute atomic E-state index is 0. The molecule has 0 radical (unpaired) electrons. The van der Waals surface area contributed by atoms with E-state index in [2.05, 4.69) is 0 Å². The van der Waals surface area contributed by atoms with Crippen LogP contribution in [-0.2, 0) is 9.59 Å². The van der Waals surface area contributed by atoms with Crippen LogP contribution in [0.15, 0.2) is 84.6 Å². The number of rotatable bonds is 5. The van der Waals surface area contributed by atoms with Gasteiger partial charge in [0.15, 0.2) is 11.6 Å². The molecule has 2 heterocycles. The second-order valence-electron chi connectivity index (χ2n) is 7.19. The van der Waals surface area contributed by atoms with Gasteiger partial charge < -0.3 is 10.9 Å². The van der Waals surface area contributed by atoms with Gasteiger partial charge in [0, 0.05) is 6.20 Å². The van der Waals surface area contributed by atoms with Crippen LogP contribution in [0.2, 0.25) is 0 Å². The van der Waals surface area contributed by atoms with Crippen molar-refractivity contribution in [3.63, 3.8) is 0 Å². The van der Waals surface area contributed by atoms with Crippen molar-refractivity contribution in [2.24, 2.45) is 0 Å². The van der Waals surface area contributed by atoms with E-state index >= 15 is 0 Å². The standard InChI is InChI=1S/C26H21NO3.Na.H/c1-17(28)22(18(2)29)15-19-13-14-27-23(16-19)26(30)24(20-9-5-3-6-10-20)25(27)21-11-7-4-8-12-21;;/h3-16,30H,1-2H3;;/q;+1;-1. The molecule has 2 aromatic heterocycles. The van der Waals surface area contributed by atoms with Crippen LogP contribution in [0.25, 0.3) is 34.0 Å². The molecule has 0 aliphatic rings. The molecule has 5 heteroatoms. The van der Waals surface area contributed by atoms with Gasteiger partial charge >= 0.3 is 29.6 Å². The van der Waals surface area contributed by atoms with Crippen LogP contribution < -0.4 is 29.6 Å². The Labute approximate surface area is 204 Å². The molecule has 0 saturated carbocycles. The molecule has 0 amide bonds. The number of carbonyl (C=O) groups is 2. The number of hydrogen-bond acceptors (Lipinski definition) is 3. The Kier molecular flexibility index (Phi) is 6.96. The fourth-order valence-corrected chi connectivity index (χ4v) is 3.72. The summed E-state index contributed by atoms with van der Waals surface area (Å²) in [5.41, 5.74) is 4.91. The molecule has 0 fully saturated rings. The summed E-state index contributed by atoms with van der Waals surface area (Å²) in [6, 6.07) is 23.2. The molecule has 31 heavy (non-hydrogen) atoms. The summed E-state index contributed by atoms with van der Waals surface area (Å²) >= 11 is 0. The van der Waals surface area contributed by atoms with Crippen LogP contribution in [0.1, 0.15) is 20.8 Å². The van der Waals surface area contributed by atoms with E-state index < -0.39 is 0 Å². The summed E-state index contributed by atoms with van der Waals surface area (Å²) < 4.78 is 1.94. The van der Waals surface area contributed by atoms with Gasteiger partial charge in [0.25, 0.3) is 0 Å². The molecule has 0 aliphatic heterocycles. The van der Waals surface area contributed by atoms with E-state index in [-0.39, 0.29) is 53.9 Å². The predicted octanol–water partition coefficient (Wildman–Crippen LogP) is 2.66. The average Bonchev–Trinajstić information content (AvgIpc) is 3.05. The second kappa shape index (κ2) is 9.48. The molecular weight excluding hydrogens is 397 g/mol. The van der Waals surface area contributed by atoms with Gasteiger partial charge in [0.05, 0.1) is 22.3 Å². The molecule has 150 valence electrons. The molecule has 0 aliphatic carbocycles. The molecule has 1 N–H and O–H groups in total. The summed E-state index contributed by atoms with van der Waals surface area (Å²) in [5, 5.41) is 11.2. The van der Waals surface area contributed by atoms with E-state index in [4.69, 9.17) is 0 Å². The molecule has 2 aromatic carbocycles. The molecule has 4 aromatic rings. The maximum absolute atomic E-state index is 11.8. The third-order valence-electron chi connectivity index (χ3n) is 5.12. The maximum atomic E-state index is 11.8. The van der Waals surface area contributed by atoms with E-state index in [0.29, 0.717) is 11.1 Å². The first kappa shape index (κ1) is 22.8. The third-order valence-corrected chi connectivity index (χ3v) is 5.12. The average molecular weight is 419 g/mol. The second-order valence-corrected chi connectivity index (χ2v) is 7.19. The quantitative estimate of drug-likeness (QED) is 0.234. The molecule has 0 unspecified atom stereocenters. The molecule has 0 atom stereocenters. The third kappa shape index (κ3) is 4.42. The van der Waals surface area contributed by atoms with Gasteiger partial charge in [-0.15, -0.1) is 0 Å². The Morgan fingerprint density at radius 3 is 1.97 bits per heavy atom. The van der Waals surface area contributed by atoms with Crippen molar-refractivity contribution in [1.82, 2.24) is 4.40 Å². The monoisotopic (exact) mass is 419 g/mol. The number of fused-ring (bicyclic) bond motifs is 1. The first-order chi connectivity index (χ1) is 14.5. The van der Waals surface area contributed by atoms with Crippen molar-refractivity contribution in [2.75, 3.05) is 0 Å². The van der Waals surface area contributed by atoms with Crippen LogP contribution in [0.5, 0.6) is 5.75 Å². The molecule has 0 bridgehead atoms. The summed E-state index contributed by atoms with van der Waals surface area (Å²) in [6.07, 6.45) is 3.43. The summed E-state index contributed by atoms with van der Waals surface area (Å²) in [4.78, 5) is 23.6. The Bertz CT molecular complexity index is 1280. The molecule has 0 spiro atoms. The zero-order valence-corrected chi connectivity index (χ0v) is 19.8. The Balaban J connectivity index is 0.00000181. The molecule has 0 saturated heterocycles. The van der Waals surface area contributed by atoms with Gasteiger partial charge in [-0.2, -0.15) is 0 Å². The zero-order valence-electron chi connectivity index (χ0n) is 18.8. The largest absolute Gasteiger partial charge is 1.00 e. The van der Waals surface area contributed by atoms with E-state index in [9.17, 15) is 14.7 Å². The number of carbonyl (C=O) groups excluding carboxylic acids is 2. The number of aromatic hydroxyl groups is 1. The van der Waals surface area contributed by atoms with Crippen LogP contribution in [-0.4, -0.2) is 21.1 Å². The van der Waals surface area contributed by atoms with E-state index in [1.807, 2.05) is 77.3 Å². The van der Waals surface area contributed by atoms with Crippen molar-refractivity contribution in [1.29, 1.82) is 0 Å². The van der Waals surface area contributed by atoms with Gasteiger partial charge in [-0.05, 0) is 48.7 Å². The number of pyridine rings is 1. The van der Waals surface area contributed by atoms with Gasteiger partial charge in [-0.25, -0.2) is 0 Å². The number of aromatic nitrogens is 1. The number of allylic oxidation sites excluding steroid dienone is 1. The van der Waals surface area contributed by atoms with E-state index in [0.717, 1.165) is 22.4 Å². The summed E-state index contributed by atoms with van der Waals surface area (Å²) in [7, 11) is 0. The Morgan fingerprint density at radius 2 is 1.42 bits per heavy atom. The van der Waals surface area contributed by atoms with Crippen LogP contribution in [0, 0.1) is 0 Å². The fourth-order valence-electron chi connectivity index (χ4n) is 3.72. The van der Waals surface area contributed by atoms with Crippen LogP contribution in [0.4, 0.5) is 0 Å². The SMILES string of the molecule is CC(=O)C(=Cc1ccn2c(-c3ccccc3)c(-c3ccccc3)c(O)c2c1)C(C)=O.[H-].[Na+]. The molecule has 4 rings (SSSR count). The number of ketones is 2. The van der Waals surface area contributed by atoms with Gasteiger partial charge in [-0.1, -0.05) is 60.7 Å². The minimum atomic E-state index is -0.281. The van der Waals surface area contributed by atoms with Gasteiger partial charge in [0.1, 0.15) is 5.75 Å². The predicted molar refractivity (Wildman–Crippen MR) is 120 cm³/mol. The van der Waals surface area contributed by atoms with E-state index in [1.165, 1.54) is 13.8 Å². The van der Waals surface area contributed by atoms with Gasteiger partial charge in [-0.3, -0.25) is 9.59 Å².